The fourth-order valence-electron chi connectivity index (χ4n) is 0.172. The van der Waals surface area contributed by atoms with Gasteiger partial charge in [0.25, 0.3) is 0 Å². The van der Waals surface area contributed by atoms with E-state index >= 15 is 0 Å². The van der Waals surface area contributed by atoms with Crippen LogP contribution in [0, 0.1) is 0 Å². The lowest BCUT2D eigenvalue weighted by atomic mass is 10.5. The van der Waals surface area contributed by atoms with Crippen LogP contribution in [0.25, 0.3) is 0 Å². The van der Waals surface area contributed by atoms with Gasteiger partial charge in [0, 0.05) is 0 Å². The standard InChI is InChI=1S/C6H7F.C2H6/c1-3-4-5-6(2)7;1-2/h3-5H,1-2H2;1-2H3/b5-4-;. The van der Waals surface area contributed by atoms with Crippen LogP contribution in [0.4, 0.5) is 4.39 Å². The molecular formula is C8H13F. The van der Waals surface area contributed by atoms with Crippen molar-refractivity contribution in [1.82, 2.24) is 0 Å². The predicted molar refractivity (Wildman–Crippen MR) is 40.9 cm³/mol. The predicted octanol–water partition coefficient (Wildman–Crippen LogP) is 3.24. The molecule has 0 aromatic heterocycles. The second-order valence-corrected chi connectivity index (χ2v) is 1.04. The molecule has 52 valence electrons. The molecule has 0 aliphatic carbocycles. The van der Waals surface area contributed by atoms with Gasteiger partial charge in [-0.25, -0.2) is 4.39 Å². The molecule has 9 heavy (non-hydrogen) atoms. The van der Waals surface area contributed by atoms with Crippen LogP contribution in [-0.4, -0.2) is 0 Å². The summed E-state index contributed by atoms with van der Waals surface area (Å²) in [6.07, 6.45) is 4.22. The highest BCUT2D eigenvalue weighted by molar-refractivity contribution is 5.11. The first-order valence-electron chi connectivity index (χ1n) is 2.91. The van der Waals surface area contributed by atoms with E-state index in [2.05, 4.69) is 13.2 Å². The summed E-state index contributed by atoms with van der Waals surface area (Å²) in [6, 6.07) is 0. The summed E-state index contributed by atoms with van der Waals surface area (Å²) in [7, 11) is 0. The quantitative estimate of drug-likeness (QED) is 0.501. The first-order valence-corrected chi connectivity index (χ1v) is 2.91. The average molecular weight is 128 g/mol. The molecule has 0 unspecified atom stereocenters. The highest BCUT2D eigenvalue weighted by atomic mass is 19.1. The molecule has 0 aliphatic heterocycles. The summed E-state index contributed by atoms with van der Waals surface area (Å²) in [5.74, 6) is -0.445. The summed E-state index contributed by atoms with van der Waals surface area (Å²) < 4.78 is 11.6. The van der Waals surface area contributed by atoms with Crippen molar-refractivity contribution in [2.75, 3.05) is 0 Å². The number of hydrogen-bond donors (Lipinski definition) is 0. The van der Waals surface area contributed by atoms with Crippen LogP contribution in [0.3, 0.4) is 0 Å². The van der Waals surface area contributed by atoms with E-state index in [0.29, 0.717) is 0 Å². The van der Waals surface area contributed by atoms with Crippen molar-refractivity contribution >= 4 is 0 Å². The van der Waals surface area contributed by atoms with Crippen LogP contribution < -0.4 is 0 Å². The van der Waals surface area contributed by atoms with Crippen molar-refractivity contribution < 1.29 is 4.39 Å². The van der Waals surface area contributed by atoms with Crippen LogP contribution in [0.1, 0.15) is 13.8 Å². The van der Waals surface area contributed by atoms with Gasteiger partial charge in [0.05, 0.1) is 0 Å². The van der Waals surface area contributed by atoms with Crippen molar-refractivity contribution in [3.63, 3.8) is 0 Å². The van der Waals surface area contributed by atoms with E-state index in [1.807, 2.05) is 13.8 Å². The summed E-state index contributed by atoms with van der Waals surface area (Å²) in [5.41, 5.74) is 0. The van der Waals surface area contributed by atoms with Crippen molar-refractivity contribution in [2.45, 2.75) is 13.8 Å². The van der Waals surface area contributed by atoms with Crippen LogP contribution >= 0.6 is 0 Å². The SMILES string of the molecule is C=C/C=C\C(=C)F.CC. The van der Waals surface area contributed by atoms with E-state index in [1.54, 1.807) is 0 Å². The van der Waals surface area contributed by atoms with Gasteiger partial charge in [0.2, 0.25) is 0 Å². The Kier molecular flexibility index (Phi) is 12.5. The minimum atomic E-state index is -0.445. The normalized spacial score (nSPS) is 7.89. The Bertz CT molecular complexity index is 101. The molecule has 0 fully saturated rings. The zero-order valence-electron chi connectivity index (χ0n) is 6.02. The van der Waals surface area contributed by atoms with Crippen LogP contribution in [0.15, 0.2) is 37.2 Å². The van der Waals surface area contributed by atoms with Crippen molar-refractivity contribution in [3.8, 4) is 0 Å². The maximum Gasteiger partial charge on any atom is 0.116 e. The topological polar surface area (TPSA) is 0 Å². The maximum atomic E-state index is 11.6. The second kappa shape index (κ2) is 10.2. The lowest BCUT2D eigenvalue weighted by Crippen LogP contribution is -1.52. The molecule has 0 bridgehead atoms. The highest BCUT2D eigenvalue weighted by Gasteiger charge is 1.71. The zero-order chi connectivity index (χ0) is 7.70. The molecule has 0 rings (SSSR count). The third-order valence-electron chi connectivity index (χ3n) is 0.413. The van der Waals surface area contributed by atoms with Gasteiger partial charge in [-0.05, 0) is 6.08 Å². The molecule has 0 radical (unpaired) electrons. The van der Waals surface area contributed by atoms with E-state index in [-0.39, 0.29) is 0 Å². The van der Waals surface area contributed by atoms with Crippen molar-refractivity contribution in [2.24, 2.45) is 0 Å². The van der Waals surface area contributed by atoms with E-state index in [4.69, 9.17) is 0 Å². The average Bonchev–Trinajstić information content (AvgIpc) is 1.88. The Labute approximate surface area is 56.4 Å². The number of halogens is 1. The zero-order valence-corrected chi connectivity index (χ0v) is 6.02. The van der Waals surface area contributed by atoms with Gasteiger partial charge >= 0.3 is 0 Å². The highest BCUT2D eigenvalue weighted by Crippen LogP contribution is 1.90. The van der Waals surface area contributed by atoms with Gasteiger partial charge in [-0.2, -0.15) is 0 Å². The molecule has 0 atom stereocenters. The van der Waals surface area contributed by atoms with Crippen LogP contribution in [0.2, 0.25) is 0 Å². The molecule has 1 heteroatoms. The molecule has 0 nitrogen and oxygen atoms in total. The summed E-state index contributed by atoms with van der Waals surface area (Å²) in [6.45, 7) is 10.3. The Balaban J connectivity index is 0. The summed E-state index contributed by atoms with van der Waals surface area (Å²) in [5, 5.41) is 0. The molecule has 0 spiro atoms. The molecule has 0 N–H and O–H groups in total. The molecule has 0 saturated heterocycles. The van der Waals surface area contributed by atoms with E-state index < -0.39 is 5.83 Å². The number of allylic oxidation sites excluding steroid dienone is 4. The van der Waals surface area contributed by atoms with Gasteiger partial charge in [-0.1, -0.05) is 39.2 Å². The lowest BCUT2D eigenvalue weighted by molar-refractivity contribution is 0.671. The fraction of sp³-hybridized carbons (Fsp3) is 0.250. The van der Waals surface area contributed by atoms with Gasteiger partial charge in [-0.3, -0.25) is 0 Å². The largest absolute Gasteiger partial charge is 0.208 e. The Morgan fingerprint density at radius 3 is 2.00 bits per heavy atom. The van der Waals surface area contributed by atoms with Gasteiger partial charge in [-0.15, -0.1) is 0 Å². The lowest BCUT2D eigenvalue weighted by Gasteiger charge is -1.72. The Morgan fingerprint density at radius 1 is 1.44 bits per heavy atom. The van der Waals surface area contributed by atoms with E-state index in [0.717, 1.165) is 0 Å². The smallest absolute Gasteiger partial charge is 0.116 e. The molecule has 0 heterocycles. The van der Waals surface area contributed by atoms with E-state index in [9.17, 15) is 4.39 Å². The van der Waals surface area contributed by atoms with Crippen LogP contribution in [0.5, 0.6) is 0 Å². The van der Waals surface area contributed by atoms with Gasteiger partial charge in [0.15, 0.2) is 0 Å². The van der Waals surface area contributed by atoms with Crippen molar-refractivity contribution in [3.05, 3.63) is 37.2 Å². The molecule has 0 saturated carbocycles. The van der Waals surface area contributed by atoms with Crippen molar-refractivity contribution in [1.29, 1.82) is 0 Å². The number of hydrogen-bond acceptors (Lipinski definition) is 0. The minimum Gasteiger partial charge on any atom is -0.208 e. The van der Waals surface area contributed by atoms with Gasteiger partial charge in [0.1, 0.15) is 5.83 Å². The maximum absolute atomic E-state index is 11.6. The first-order chi connectivity index (χ1) is 4.27. The fourth-order valence-corrected chi connectivity index (χ4v) is 0.172. The summed E-state index contributed by atoms with van der Waals surface area (Å²) in [4.78, 5) is 0. The van der Waals surface area contributed by atoms with E-state index in [1.165, 1.54) is 18.2 Å². The monoisotopic (exact) mass is 128 g/mol. The third kappa shape index (κ3) is 19.1. The van der Waals surface area contributed by atoms with Gasteiger partial charge < -0.3 is 0 Å². The summed E-state index contributed by atoms with van der Waals surface area (Å²) >= 11 is 0. The molecule has 0 amide bonds. The minimum absolute atomic E-state index is 0.445. The molecule has 0 aromatic carbocycles. The third-order valence-corrected chi connectivity index (χ3v) is 0.413. The Hall–Kier alpha value is -0.850. The molecule has 0 aromatic rings. The molecular weight excluding hydrogens is 115 g/mol. The molecule has 0 aliphatic rings. The second-order valence-electron chi connectivity index (χ2n) is 1.04. The Morgan fingerprint density at radius 2 is 1.89 bits per heavy atom. The van der Waals surface area contributed by atoms with Crippen LogP contribution in [-0.2, 0) is 0 Å². The first kappa shape index (κ1) is 11.0. The number of rotatable bonds is 2.